The minimum Gasteiger partial charge on any atom is -0.481 e. The van der Waals surface area contributed by atoms with Gasteiger partial charge in [0, 0.05) is 6.04 Å². The molecule has 1 saturated heterocycles. The van der Waals surface area contributed by atoms with Crippen molar-refractivity contribution in [2.45, 2.75) is 51.0 Å². The smallest absolute Gasteiger partial charge is 0.304 e. The highest BCUT2D eigenvalue weighted by Crippen LogP contribution is 2.18. The molecule has 1 heterocycles. The lowest BCUT2D eigenvalue weighted by Gasteiger charge is -2.29. The van der Waals surface area contributed by atoms with Crippen molar-refractivity contribution in [2.75, 3.05) is 25.1 Å². The van der Waals surface area contributed by atoms with Crippen LogP contribution in [0.4, 0.5) is 0 Å². The van der Waals surface area contributed by atoms with Crippen molar-refractivity contribution < 1.29 is 9.90 Å². The van der Waals surface area contributed by atoms with Crippen molar-refractivity contribution in [3.63, 3.8) is 0 Å². The maximum absolute atomic E-state index is 10.9. The number of hydrogen-bond acceptors (Lipinski definition) is 3. The normalized spacial score (nSPS) is 19.8. The largest absolute Gasteiger partial charge is 0.481 e. The van der Waals surface area contributed by atoms with Gasteiger partial charge in [-0.15, -0.1) is 0 Å². The van der Waals surface area contributed by atoms with E-state index in [1.165, 1.54) is 25.7 Å². The molecule has 1 rings (SSSR count). The van der Waals surface area contributed by atoms with Crippen molar-refractivity contribution >= 4 is 17.7 Å². The van der Waals surface area contributed by atoms with Gasteiger partial charge in [-0.1, -0.05) is 12.8 Å². The van der Waals surface area contributed by atoms with E-state index in [1.807, 2.05) is 11.8 Å². The van der Waals surface area contributed by atoms with Gasteiger partial charge in [-0.05, 0) is 50.8 Å². The van der Waals surface area contributed by atoms with Gasteiger partial charge in [0.1, 0.15) is 0 Å². The van der Waals surface area contributed by atoms with E-state index in [0.717, 1.165) is 31.7 Å². The molecule has 0 aliphatic carbocycles. The Morgan fingerprint density at radius 2 is 1.94 bits per heavy atom. The van der Waals surface area contributed by atoms with E-state index in [1.54, 1.807) is 0 Å². The van der Waals surface area contributed by atoms with E-state index in [-0.39, 0.29) is 6.04 Å². The van der Waals surface area contributed by atoms with Crippen LogP contribution in [0.2, 0.25) is 0 Å². The van der Waals surface area contributed by atoms with Gasteiger partial charge < -0.3 is 5.11 Å². The monoisotopic (exact) mass is 259 g/mol. The third-order valence-electron chi connectivity index (χ3n) is 3.45. The van der Waals surface area contributed by atoms with Crippen LogP contribution in [0.5, 0.6) is 0 Å². The summed E-state index contributed by atoms with van der Waals surface area (Å²) in [6.07, 6.45) is 9.68. The number of carboxylic acid groups (broad SMARTS) is 1. The van der Waals surface area contributed by atoms with Crippen LogP contribution in [0.3, 0.4) is 0 Å². The van der Waals surface area contributed by atoms with Gasteiger partial charge in [0.05, 0.1) is 6.42 Å². The first kappa shape index (κ1) is 14.8. The fourth-order valence-corrected chi connectivity index (χ4v) is 2.99. The van der Waals surface area contributed by atoms with Gasteiger partial charge in [-0.3, -0.25) is 9.69 Å². The molecule has 3 nitrogen and oxygen atoms in total. The number of thioether (sulfide) groups is 1. The molecule has 0 saturated carbocycles. The number of hydrogen-bond donors (Lipinski definition) is 1. The minimum atomic E-state index is -0.650. The van der Waals surface area contributed by atoms with Crippen LogP contribution >= 0.6 is 11.8 Å². The first-order chi connectivity index (χ1) is 8.24. The molecule has 1 atom stereocenters. The first-order valence-corrected chi connectivity index (χ1v) is 8.08. The van der Waals surface area contributed by atoms with E-state index in [4.69, 9.17) is 5.11 Å². The Balaban J connectivity index is 2.43. The Morgan fingerprint density at radius 3 is 2.47 bits per heavy atom. The average Bonchev–Trinajstić information content (AvgIpc) is 2.56. The molecule has 17 heavy (non-hydrogen) atoms. The Kier molecular flexibility index (Phi) is 7.69. The SMILES string of the molecule is CSCCCC(CC(=O)O)N1CCCCCC1. The molecule has 0 aromatic heterocycles. The lowest BCUT2D eigenvalue weighted by Crippen LogP contribution is -2.37. The summed E-state index contributed by atoms with van der Waals surface area (Å²) in [6, 6.07) is 0.262. The molecule has 100 valence electrons. The number of likely N-dealkylation sites (tertiary alicyclic amines) is 1. The molecule has 0 spiro atoms. The molecule has 1 aliphatic heterocycles. The molecular formula is C13H25NO2S. The summed E-state index contributed by atoms with van der Waals surface area (Å²) >= 11 is 1.85. The fraction of sp³-hybridized carbons (Fsp3) is 0.923. The molecule has 1 fully saturated rings. The summed E-state index contributed by atoms with van der Waals surface area (Å²) in [4.78, 5) is 13.4. The Morgan fingerprint density at radius 1 is 1.29 bits per heavy atom. The predicted octanol–water partition coefficient (Wildman–Crippen LogP) is 2.85. The summed E-state index contributed by atoms with van der Waals surface area (Å²) in [6.45, 7) is 2.19. The highest BCUT2D eigenvalue weighted by atomic mass is 32.2. The molecule has 0 aromatic carbocycles. The third-order valence-corrected chi connectivity index (χ3v) is 4.15. The van der Waals surface area contributed by atoms with Crippen molar-refractivity contribution in [1.29, 1.82) is 0 Å². The lowest BCUT2D eigenvalue weighted by molar-refractivity contribution is -0.138. The standard InChI is InChI=1S/C13H25NO2S/c1-17-10-6-7-12(11-13(15)16)14-8-4-2-3-5-9-14/h12H,2-11H2,1H3,(H,15,16). The number of rotatable bonds is 7. The molecule has 0 radical (unpaired) electrons. The maximum Gasteiger partial charge on any atom is 0.304 e. The van der Waals surface area contributed by atoms with E-state index in [0.29, 0.717) is 6.42 Å². The van der Waals surface area contributed by atoms with Crippen LogP contribution in [-0.2, 0) is 4.79 Å². The molecule has 0 bridgehead atoms. The molecule has 1 unspecified atom stereocenters. The number of nitrogens with zero attached hydrogens (tertiary/aromatic N) is 1. The van der Waals surface area contributed by atoms with Crippen LogP contribution < -0.4 is 0 Å². The molecule has 1 N–H and O–H groups in total. The van der Waals surface area contributed by atoms with E-state index in [9.17, 15) is 4.79 Å². The zero-order valence-electron chi connectivity index (χ0n) is 10.9. The summed E-state index contributed by atoms with van der Waals surface area (Å²) in [5.74, 6) is 0.493. The summed E-state index contributed by atoms with van der Waals surface area (Å²) in [5, 5.41) is 9.01. The van der Waals surface area contributed by atoms with Gasteiger partial charge in [0.25, 0.3) is 0 Å². The van der Waals surface area contributed by atoms with Crippen LogP contribution in [0.1, 0.15) is 44.9 Å². The van der Waals surface area contributed by atoms with Gasteiger partial charge >= 0.3 is 5.97 Å². The highest BCUT2D eigenvalue weighted by molar-refractivity contribution is 7.98. The number of carbonyl (C=O) groups is 1. The molecule has 0 aromatic rings. The van der Waals surface area contributed by atoms with Gasteiger partial charge in [0.15, 0.2) is 0 Å². The van der Waals surface area contributed by atoms with Gasteiger partial charge in [0.2, 0.25) is 0 Å². The second kappa shape index (κ2) is 8.81. The second-order valence-electron chi connectivity index (χ2n) is 4.84. The maximum atomic E-state index is 10.9. The summed E-state index contributed by atoms with van der Waals surface area (Å²) < 4.78 is 0. The second-order valence-corrected chi connectivity index (χ2v) is 5.82. The zero-order valence-corrected chi connectivity index (χ0v) is 11.7. The van der Waals surface area contributed by atoms with Crippen molar-refractivity contribution in [2.24, 2.45) is 0 Å². The van der Waals surface area contributed by atoms with Crippen molar-refractivity contribution in [3.05, 3.63) is 0 Å². The van der Waals surface area contributed by atoms with Gasteiger partial charge in [-0.25, -0.2) is 0 Å². The van der Waals surface area contributed by atoms with Crippen LogP contribution in [0, 0.1) is 0 Å². The minimum absolute atomic E-state index is 0.262. The Bertz CT molecular complexity index is 215. The van der Waals surface area contributed by atoms with Crippen LogP contribution in [-0.4, -0.2) is 47.1 Å². The molecular weight excluding hydrogens is 234 g/mol. The van der Waals surface area contributed by atoms with E-state index < -0.39 is 5.97 Å². The van der Waals surface area contributed by atoms with Crippen LogP contribution in [0.15, 0.2) is 0 Å². The predicted molar refractivity (Wildman–Crippen MR) is 73.7 cm³/mol. The first-order valence-electron chi connectivity index (χ1n) is 6.69. The molecule has 4 heteroatoms. The van der Waals surface area contributed by atoms with Crippen molar-refractivity contribution in [1.82, 2.24) is 4.90 Å². The zero-order chi connectivity index (χ0) is 12.5. The lowest BCUT2D eigenvalue weighted by atomic mass is 10.1. The van der Waals surface area contributed by atoms with E-state index in [2.05, 4.69) is 11.2 Å². The summed E-state index contributed by atoms with van der Waals surface area (Å²) in [5.41, 5.74) is 0. The third kappa shape index (κ3) is 6.32. The van der Waals surface area contributed by atoms with Crippen molar-refractivity contribution in [3.8, 4) is 0 Å². The fourth-order valence-electron chi connectivity index (χ4n) is 2.54. The quantitative estimate of drug-likeness (QED) is 0.714. The van der Waals surface area contributed by atoms with Crippen LogP contribution in [0.25, 0.3) is 0 Å². The molecule has 1 aliphatic rings. The Labute approximate surface area is 109 Å². The number of carboxylic acids is 1. The topological polar surface area (TPSA) is 40.5 Å². The average molecular weight is 259 g/mol. The molecule has 0 amide bonds. The highest BCUT2D eigenvalue weighted by Gasteiger charge is 2.21. The number of aliphatic carboxylic acids is 1. The summed E-state index contributed by atoms with van der Waals surface area (Å²) in [7, 11) is 0. The van der Waals surface area contributed by atoms with E-state index >= 15 is 0 Å². The van der Waals surface area contributed by atoms with Gasteiger partial charge in [-0.2, -0.15) is 11.8 Å². The Hall–Kier alpha value is -0.220.